The van der Waals surface area contributed by atoms with E-state index in [2.05, 4.69) is 15.6 Å². The molecular formula is C26H25N3O6S. The largest absolute Gasteiger partial charge is 0.507 e. The number of carbonyl (C=O) groups is 1. The van der Waals surface area contributed by atoms with Gasteiger partial charge in [0.1, 0.15) is 11.3 Å². The lowest BCUT2D eigenvalue weighted by Crippen LogP contribution is -2.34. The van der Waals surface area contributed by atoms with Crippen molar-refractivity contribution in [2.24, 2.45) is 0 Å². The summed E-state index contributed by atoms with van der Waals surface area (Å²) in [6, 6.07) is 11.8. The van der Waals surface area contributed by atoms with Gasteiger partial charge in [-0.3, -0.25) is 10.1 Å². The Balaban J connectivity index is 1.50. The zero-order valence-corrected chi connectivity index (χ0v) is 21.2. The van der Waals surface area contributed by atoms with Crippen molar-refractivity contribution in [2.45, 2.75) is 13.8 Å². The molecule has 0 saturated heterocycles. The number of fused-ring (bicyclic) bond motifs is 1. The van der Waals surface area contributed by atoms with Crippen molar-refractivity contribution in [3.63, 3.8) is 0 Å². The summed E-state index contributed by atoms with van der Waals surface area (Å²) in [7, 11) is 4.40. The van der Waals surface area contributed by atoms with E-state index in [1.165, 1.54) is 39.5 Å². The Bertz CT molecular complexity index is 1460. The van der Waals surface area contributed by atoms with Crippen LogP contribution in [0.5, 0.6) is 23.0 Å². The van der Waals surface area contributed by atoms with Crippen LogP contribution in [0.2, 0.25) is 0 Å². The molecule has 0 aliphatic carbocycles. The SMILES string of the molecule is COc1cc(C(=O)NC(=S)Nc2ccc(-c3nc4cc(C)cc(C)c4o3)c(O)c2)cc(OC)c1OC. The minimum Gasteiger partial charge on any atom is -0.507 e. The van der Waals surface area contributed by atoms with Gasteiger partial charge in [-0.15, -0.1) is 0 Å². The number of rotatable bonds is 6. The van der Waals surface area contributed by atoms with Gasteiger partial charge in [0.15, 0.2) is 22.2 Å². The summed E-state index contributed by atoms with van der Waals surface area (Å²) < 4.78 is 21.8. The van der Waals surface area contributed by atoms with Crippen molar-refractivity contribution in [3.8, 4) is 34.5 Å². The predicted molar refractivity (Wildman–Crippen MR) is 140 cm³/mol. The molecule has 0 radical (unpaired) electrons. The summed E-state index contributed by atoms with van der Waals surface area (Å²) in [4.78, 5) is 17.3. The van der Waals surface area contributed by atoms with Gasteiger partial charge in [-0.1, -0.05) is 6.07 Å². The molecular weight excluding hydrogens is 482 g/mol. The number of oxazole rings is 1. The number of aryl methyl sites for hydroxylation is 2. The van der Waals surface area contributed by atoms with Crippen molar-refractivity contribution in [2.75, 3.05) is 26.6 Å². The lowest BCUT2D eigenvalue weighted by Gasteiger charge is -2.15. The molecule has 0 aliphatic heterocycles. The molecule has 1 aromatic heterocycles. The molecule has 4 aromatic rings. The summed E-state index contributed by atoms with van der Waals surface area (Å²) in [6.45, 7) is 3.94. The van der Waals surface area contributed by atoms with E-state index >= 15 is 0 Å². The maximum atomic E-state index is 12.8. The monoisotopic (exact) mass is 507 g/mol. The topological polar surface area (TPSA) is 115 Å². The van der Waals surface area contributed by atoms with Gasteiger partial charge in [0.2, 0.25) is 11.6 Å². The van der Waals surface area contributed by atoms with E-state index < -0.39 is 5.91 Å². The van der Waals surface area contributed by atoms with E-state index in [-0.39, 0.29) is 16.4 Å². The summed E-state index contributed by atoms with van der Waals surface area (Å²) in [6.07, 6.45) is 0. The molecule has 1 amide bonds. The van der Waals surface area contributed by atoms with Crippen LogP contribution < -0.4 is 24.8 Å². The Morgan fingerprint density at radius 2 is 1.69 bits per heavy atom. The van der Waals surface area contributed by atoms with Crippen LogP contribution in [0, 0.1) is 13.8 Å². The number of phenolic OH excluding ortho intramolecular Hbond substituents is 1. The third kappa shape index (κ3) is 4.89. The summed E-state index contributed by atoms with van der Waals surface area (Å²) in [5.74, 6) is 0.819. The van der Waals surface area contributed by atoms with Gasteiger partial charge in [-0.2, -0.15) is 0 Å². The van der Waals surface area contributed by atoms with Gasteiger partial charge >= 0.3 is 0 Å². The lowest BCUT2D eigenvalue weighted by atomic mass is 10.1. The van der Waals surface area contributed by atoms with E-state index in [9.17, 15) is 9.90 Å². The molecule has 1 heterocycles. The molecule has 3 aromatic carbocycles. The number of hydrogen-bond donors (Lipinski definition) is 3. The molecule has 0 bridgehead atoms. The smallest absolute Gasteiger partial charge is 0.257 e. The number of aromatic hydroxyl groups is 1. The third-order valence-corrected chi connectivity index (χ3v) is 5.66. The highest BCUT2D eigenvalue weighted by molar-refractivity contribution is 7.80. The fourth-order valence-corrected chi connectivity index (χ4v) is 4.04. The molecule has 186 valence electrons. The van der Waals surface area contributed by atoms with E-state index in [1.807, 2.05) is 26.0 Å². The second-order valence-corrected chi connectivity index (χ2v) is 8.41. The standard InChI is InChI=1S/C26H25N3O6S/c1-13-8-14(2)22-18(9-13)28-25(35-22)17-7-6-16(12-19(17)30)27-26(36)29-24(31)15-10-20(32-3)23(34-5)21(11-15)33-4/h6-12,30H,1-5H3,(H2,27,29,31,36). The van der Waals surface area contributed by atoms with Crippen molar-refractivity contribution >= 4 is 40.0 Å². The van der Waals surface area contributed by atoms with Gasteiger partial charge in [0.25, 0.3) is 5.91 Å². The number of ether oxygens (including phenoxy) is 3. The van der Waals surface area contributed by atoms with E-state index in [1.54, 1.807) is 12.1 Å². The molecule has 3 N–H and O–H groups in total. The zero-order valence-electron chi connectivity index (χ0n) is 20.4. The van der Waals surface area contributed by atoms with Crippen LogP contribution in [-0.2, 0) is 0 Å². The second-order valence-electron chi connectivity index (χ2n) is 8.00. The fraction of sp³-hybridized carbons (Fsp3) is 0.192. The molecule has 0 saturated carbocycles. The van der Waals surface area contributed by atoms with Gasteiger partial charge in [0.05, 0.1) is 26.9 Å². The fourth-order valence-electron chi connectivity index (χ4n) is 3.83. The first-order valence-electron chi connectivity index (χ1n) is 10.9. The highest BCUT2D eigenvalue weighted by atomic mass is 32.1. The molecule has 4 rings (SSSR count). The second kappa shape index (κ2) is 10.1. The molecule has 0 unspecified atom stereocenters. The average Bonchev–Trinajstić information content (AvgIpc) is 3.27. The molecule has 9 nitrogen and oxygen atoms in total. The molecule has 0 fully saturated rings. The summed E-state index contributed by atoms with van der Waals surface area (Å²) in [5, 5.41) is 16.1. The third-order valence-electron chi connectivity index (χ3n) is 5.46. The number of anilines is 1. The van der Waals surface area contributed by atoms with Crippen LogP contribution in [0.1, 0.15) is 21.5 Å². The van der Waals surface area contributed by atoms with Crippen LogP contribution in [-0.4, -0.2) is 42.4 Å². The molecule has 36 heavy (non-hydrogen) atoms. The maximum absolute atomic E-state index is 12.8. The maximum Gasteiger partial charge on any atom is 0.257 e. The number of amides is 1. The number of carbonyl (C=O) groups excluding carboxylic acids is 1. The minimum absolute atomic E-state index is 0.0360. The molecule has 0 spiro atoms. The minimum atomic E-state index is -0.482. The van der Waals surface area contributed by atoms with Crippen LogP contribution in [0.25, 0.3) is 22.6 Å². The number of phenols is 1. The van der Waals surface area contributed by atoms with E-state index in [4.69, 9.17) is 30.8 Å². The predicted octanol–water partition coefficient (Wildman–Crippen LogP) is 4.97. The first kappa shape index (κ1) is 24.8. The quantitative estimate of drug-likeness (QED) is 0.311. The number of aromatic nitrogens is 1. The van der Waals surface area contributed by atoms with Crippen molar-refractivity contribution in [1.29, 1.82) is 0 Å². The lowest BCUT2D eigenvalue weighted by molar-refractivity contribution is 0.0977. The van der Waals surface area contributed by atoms with Crippen molar-refractivity contribution in [3.05, 3.63) is 59.2 Å². The summed E-state index contributed by atoms with van der Waals surface area (Å²) in [5.41, 5.74) is 4.59. The summed E-state index contributed by atoms with van der Waals surface area (Å²) >= 11 is 5.28. The first-order valence-corrected chi connectivity index (χ1v) is 11.3. The highest BCUT2D eigenvalue weighted by Crippen LogP contribution is 2.38. The van der Waals surface area contributed by atoms with Gasteiger partial charge in [-0.25, -0.2) is 4.98 Å². The Hall–Kier alpha value is -4.31. The number of nitrogens with zero attached hydrogens (tertiary/aromatic N) is 1. The molecule has 10 heteroatoms. The number of hydrogen-bond acceptors (Lipinski definition) is 8. The van der Waals surface area contributed by atoms with Gasteiger partial charge in [0, 0.05) is 17.3 Å². The number of thiocarbonyl (C=S) groups is 1. The van der Waals surface area contributed by atoms with Crippen LogP contribution in [0.3, 0.4) is 0 Å². The van der Waals surface area contributed by atoms with Gasteiger partial charge < -0.3 is 29.1 Å². The van der Waals surface area contributed by atoms with Crippen molar-refractivity contribution in [1.82, 2.24) is 10.3 Å². The number of methoxy groups -OCH3 is 3. The zero-order chi connectivity index (χ0) is 26.0. The Kier molecular flexibility index (Phi) is 6.98. The number of nitrogens with one attached hydrogen (secondary N) is 2. The van der Waals surface area contributed by atoms with E-state index in [0.717, 1.165) is 16.6 Å². The first-order chi connectivity index (χ1) is 17.2. The van der Waals surface area contributed by atoms with Crippen LogP contribution in [0.15, 0.2) is 46.9 Å². The molecule has 0 atom stereocenters. The molecule has 0 aliphatic rings. The van der Waals surface area contributed by atoms with Crippen LogP contribution in [0.4, 0.5) is 5.69 Å². The highest BCUT2D eigenvalue weighted by Gasteiger charge is 2.18. The Morgan fingerprint density at radius 1 is 1.00 bits per heavy atom. The normalized spacial score (nSPS) is 10.7. The van der Waals surface area contributed by atoms with Crippen molar-refractivity contribution < 1.29 is 28.5 Å². The average molecular weight is 508 g/mol. The Morgan fingerprint density at radius 3 is 2.31 bits per heavy atom. The van der Waals surface area contributed by atoms with Crippen LogP contribution >= 0.6 is 12.2 Å². The Labute approximate surface area is 213 Å². The number of benzene rings is 3. The van der Waals surface area contributed by atoms with E-state index in [0.29, 0.717) is 40.0 Å². The van der Waals surface area contributed by atoms with Gasteiger partial charge in [-0.05, 0) is 67.5 Å².